The molecule has 0 spiro atoms. The van der Waals surface area contributed by atoms with E-state index in [9.17, 15) is 4.79 Å². The average molecular weight is 380 g/mol. The lowest BCUT2D eigenvalue weighted by Crippen LogP contribution is -2.25. The second-order valence-corrected chi connectivity index (χ2v) is 7.28. The zero-order valence-electron chi connectivity index (χ0n) is 16.7. The Morgan fingerprint density at radius 1 is 0.759 bits per heavy atom. The molecular weight excluding hydrogens is 354 g/mol. The standard InChI is InChI=1S/C27H25NO/c1-2-3-18-28-26(22-12-8-5-9-13-22)19-24(21-10-6-4-7-11-21)20-27(28)23-14-16-25(29)17-15-23/h4-17,19-20H,2-3,18H2,1H3. The van der Waals surface area contributed by atoms with Crippen molar-refractivity contribution < 1.29 is 4.79 Å². The van der Waals surface area contributed by atoms with Crippen molar-refractivity contribution in [2.24, 2.45) is 0 Å². The fourth-order valence-corrected chi connectivity index (χ4v) is 3.69. The molecular formula is C27H25NO. The van der Waals surface area contributed by atoms with Crippen LogP contribution in [0.3, 0.4) is 0 Å². The fraction of sp³-hybridized carbons (Fsp3) is 0.148. The Bertz CT molecular complexity index is 1020. The quantitative estimate of drug-likeness (QED) is 0.618. The molecule has 1 aliphatic heterocycles. The number of carbonyl (C=O) groups excluding carboxylic acids is 1. The molecule has 0 bridgehead atoms. The van der Waals surface area contributed by atoms with Gasteiger partial charge in [0.15, 0.2) is 5.78 Å². The number of benzene rings is 2. The van der Waals surface area contributed by atoms with E-state index >= 15 is 0 Å². The van der Waals surface area contributed by atoms with E-state index in [2.05, 4.69) is 78.6 Å². The number of hydrogen-bond acceptors (Lipinski definition) is 2. The van der Waals surface area contributed by atoms with Crippen LogP contribution >= 0.6 is 0 Å². The maximum absolute atomic E-state index is 11.7. The van der Waals surface area contributed by atoms with Crippen molar-refractivity contribution in [3.63, 3.8) is 0 Å². The molecule has 4 rings (SSSR count). The van der Waals surface area contributed by atoms with Crippen molar-refractivity contribution in [3.05, 3.63) is 120 Å². The summed E-state index contributed by atoms with van der Waals surface area (Å²) in [6, 6.07) is 21.0. The van der Waals surface area contributed by atoms with E-state index < -0.39 is 0 Å². The van der Waals surface area contributed by atoms with E-state index in [1.807, 2.05) is 18.2 Å². The van der Waals surface area contributed by atoms with Crippen molar-refractivity contribution in [1.29, 1.82) is 0 Å². The third-order valence-corrected chi connectivity index (χ3v) is 5.23. The van der Waals surface area contributed by atoms with E-state index in [1.165, 1.54) is 22.4 Å². The summed E-state index contributed by atoms with van der Waals surface area (Å²) < 4.78 is 0. The number of hydrogen-bond donors (Lipinski definition) is 0. The Labute approximate surface area is 172 Å². The minimum Gasteiger partial charge on any atom is -0.340 e. The van der Waals surface area contributed by atoms with Crippen molar-refractivity contribution >= 4 is 17.1 Å². The summed E-state index contributed by atoms with van der Waals surface area (Å²) in [5, 5.41) is 0. The number of ketones is 1. The van der Waals surface area contributed by atoms with Crippen molar-refractivity contribution in [2.75, 3.05) is 6.54 Å². The number of rotatable bonds is 5. The molecule has 0 N–H and O–H groups in total. The highest BCUT2D eigenvalue weighted by molar-refractivity contribution is 6.01. The first-order chi connectivity index (χ1) is 14.3. The van der Waals surface area contributed by atoms with Crippen LogP contribution in [0.4, 0.5) is 0 Å². The molecule has 0 saturated heterocycles. The van der Waals surface area contributed by atoms with Gasteiger partial charge in [0.05, 0.1) is 0 Å². The molecule has 0 unspecified atom stereocenters. The van der Waals surface area contributed by atoms with E-state index in [4.69, 9.17) is 0 Å². The van der Waals surface area contributed by atoms with E-state index in [-0.39, 0.29) is 5.78 Å². The SMILES string of the molecule is CCCCN1C(c2ccccc2)=CC(c2ccccc2)=CC1=C1C=CC(=O)C=C1. The molecule has 1 aliphatic carbocycles. The topological polar surface area (TPSA) is 20.3 Å². The third-order valence-electron chi connectivity index (χ3n) is 5.23. The van der Waals surface area contributed by atoms with Gasteiger partial charge in [-0.25, -0.2) is 0 Å². The molecule has 0 amide bonds. The van der Waals surface area contributed by atoms with Crippen molar-refractivity contribution in [3.8, 4) is 0 Å². The zero-order chi connectivity index (χ0) is 20.1. The Kier molecular flexibility index (Phi) is 5.71. The Morgan fingerprint density at radius 3 is 2.00 bits per heavy atom. The summed E-state index contributed by atoms with van der Waals surface area (Å²) >= 11 is 0. The predicted octanol–water partition coefficient (Wildman–Crippen LogP) is 6.18. The number of carbonyl (C=O) groups is 1. The van der Waals surface area contributed by atoms with Crippen LogP contribution < -0.4 is 0 Å². The predicted molar refractivity (Wildman–Crippen MR) is 121 cm³/mol. The van der Waals surface area contributed by atoms with Crippen molar-refractivity contribution in [1.82, 2.24) is 4.90 Å². The summed E-state index contributed by atoms with van der Waals surface area (Å²) in [5.74, 6) is 0.0383. The maximum Gasteiger partial charge on any atom is 0.178 e. The van der Waals surface area contributed by atoms with Crippen LogP contribution in [-0.4, -0.2) is 17.2 Å². The van der Waals surface area contributed by atoms with Gasteiger partial charge in [-0.15, -0.1) is 0 Å². The summed E-state index contributed by atoms with van der Waals surface area (Å²) in [5.41, 5.74) is 6.96. The molecule has 2 aromatic rings. The van der Waals surface area contributed by atoms with Gasteiger partial charge in [-0.05, 0) is 65.2 Å². The van der Waals surface area contributed by atoms with Gasteiger partial charge in [0.2, 0.25) is 0 Å². The molecule has 0 fully saturated rings. The molecule has 0 atom stereocenters. The normalized spacial score (nSPS) is 16.2. The minimum absolute atomic E-state index is 0.0383. The van der Waals surface area contributed by atoms with Gasteiger partial charge < -0.3 is 4.90 Å². The molecule has 2 aliphatic rings. The van der Waals surface area contributed by atoms with Crippen molar-refractivity contribution in [2.45, 2.75) is 19.8 Å². The van der Waals surface area contributed by atoms with Crippen LogP contribution in [0.1, 0.15) is 30.9 Å². The number of unbranched alkanes of at least 4 members (excludes halogenated alkanes) is 1. The van der Waals surface area contributed by atoms with Crippen LogP contribution in [0, 0.1) is 0 Å². The highest BCUT2D eigenvalue weighted by Crippen LogP contribution is 2.36. The zero-order valence-corrected chi connectivity index (χ0v) is 16.7. The lowest BCUT2D eigenvalue weighted by molar-refractivity contribution is -0.110. The number of nitrogens with zero attached hydrogens (tertiary/aromatic N) is 1. The molecule has 2 nitrogen and oxygen atoms in total. The lowest BCUT2D eigenvalue weighted by Gasteiger charge is -2.34. The largest absolute Gasteiger partial charge is 0.340 e. The fourth-order valence-electron chi connectivity index (χ4n) is 3.69. The molecule has 0 radical (unpaired) electrons. The summed E-state index contributed by atoms with van der Waals surface area (Å²) in [4.78, 5) is 14.1. The Hall–Kier alpha value is -3.39. The highest BCUT2D eigenvalue weighted by atomic mass is 16.1. The third kappa shape index (κ3) is 4.22. The maximum atomic E-state index is 11.7. The Morgan fingerprint density at radius 2 is 1.38 bits per heavy atom. The summed E-state index contributed by atoms with van der Waals surface area (Å²) in [6.45, 7) is 3.15. The average Bonchev–Trinajstić information content (AvgIpc) is 2.79. The van der Waals surface area contributed by atoms with Crippen LogP contribution in [0.15, 0.2) is 108 Å². The van der Waals surface area contributed by atoms with Crippen LogP contribution in [0.5, 0.6) is 0 Å². The van der Waals surface area contributed by atoms with Gasteiger partial charge in [0, 0.05) is 17.9 Å². The van der Waals surface area contributed by atoms with Gasteiger partial charge in [-0.3, -0.25) is 4.79 Å². The summed E-state index contributed by atoms with van der Waals surface area (Å²) in [6.07, 6.45) is 13.9. The second kappa shape index (κ2) is 8.74. The van der Waals surface area contributed by atoms with E-state index in [0.29, 0.717) is 0 Å². The molecule has 144 valence electrons. The first-order valence-electron chi connectivity index (χ1n) is 10.2. The first-order valence-corrected chi connectivity index (χ1v) is 10.2. The molecule has 1 heterocycles. The van der Waals surface area contributed by atoms with E-state index in [0.717, 1.165) is 30.7 Å². The molecule has 0 saturated carbocycles. The van der Waals surface area contributed by atoms with Gasteiger partial charge in [-0.2, -0.15) is 0 Å². The van der Waals surface area contributed by atoms with Crippen LogP contribution in [0.2, 0.25) is 0 Å². The van der Waals surface area contributed by atoms with Gasteiger partial charge in [-0.1, -0.05) is 74.0 Å². The van der Waals surface area contributed by atoms with Gasteiger partial charge in [0.1, 0.15) is 0 Å². The smallest absolute Gasteiger partial charge is 0.178 e. The molecule has 0 aromatic heterocycles. The lowest BCUT2D eigenvalue weighted by atomic mass is 9.94. The molecule has 2 aromatic carbocycles. The molecule has 2 heteroatoms. The van der Waals surface area contributed by atoms with E-state index in [1.54, 1.807) is 12.2 Å². The number of allylic oxidation sites excluding steroid dienone is 8. The Balaban J connectivity index is 1.90. The monoisotopic (exact) mass is 379 g/mol. The highest BCUT2D eigenvalue weighted by Gasteiger charge is 2.22. The minimum atomic E-state index is 0.0383. The van der Waals surface area contributed by atoms with Crippen LogP contribution in [-0.2, 0) is 4.79 Å². The first kappa shape index (κ1) is 18.9. The molecule has 29 heavy (non-hydrogen) atoms. The van der Waals surface area contributed by atoms with Gasteiger partial charge >= 0.3 is 0 Å². The van der Waals surface area contributed by atoms with Crippen LogP contribution in [0.25, 0.3) is 11.3 Å². The van der Waals surface area contributed by atoms with Gasteiger partial charge in [0.25, 0.3) is 0 Å². The summed E-state index contributed by atoms with van der Waals surface area (Å²) in [7, 11) is 0. The second-order valence-electron chi connectivity index (χ2n) is 7.28.